The van der Waals surface area contributed by atoms with E-state index in [0.717, 1.165) is 56.3 Å². The van der Waals surface area contributed by atoms with Crippen LogP contribution in [0.4, 0.5) is 0 Å². The predicted molar refractivity (Wildman–Crippen MR) is 117 cm³/mol. The van der Waals surface area contributed by atoms with Gasteiger partial charge >= 0.3 is 0 Å². The lowest BCUT2D eigenvalue weighted by atomic mass is 9.81. The first kappa shape index (κ1) is 21.0. The zero-order chi connectivity index (χ0) is 21.5. The number of hydrogen-bond acceptors (Lipinski definition) is 6. The van der Waals surface area contributed by atoms with Crippen LogP contribution in [0.15, 0.2) is 53.3 Å². The summed E-state index contributed by atoms with van der Waals surface area (Å²) in [6.07, 6.45) is 10.2. The van der Waals surface area contributed by atoms with Crippen molar-refractivity contribution in [3.63, 3.8) is 0 Å². The van der Waals surface area contributed by atoms with Gasteiger partial charge in [-0.25, -0.2) is 0 Å². The molecule has 7 nitrogen and oxygen atoms in total. The van der Waals surface area contributed by atoms with E-state index in [9.17, 15) is 4.79 Å². The Hall–Kier alpha value is -3.22. The molecule has 1 aromatic carbocycles. The second-order valence-electron chi connectivity index (χ2n) is 7.98. The minimum atomic E-state index is -0.649. The number of pyridine rings is 1. The molecule has 1 aliphatic rings. The van der Waals surface area contributed by atoms with Crippen LogP contribution in [0.1, 0.15) is 68.1 Å². The van der Waals surface area contributed by atoms with Gasteiger partial charge in [-0.05, 0) is 55.7 Å². The number of unbranched alkanes of at least 4 members (excludes halogenated alkanes) is 1. The molecule has 4 rings (SSSR count). The van der Waals surface area contributed by atoms with E-state index >= 15 is 0 Å². The number of rotatable bonds is 8. The van der Waals surface area contributed by atoms with E-state index < -0.39 is 5.54 Å². The molecule has 0 atom stereocenters. The third-order valence-electron chi connectivity index (χ3n) is 5.72. The first-order valence-electron chi connectivity index (χ1n) is 11.0. The lowest BCUT2D eigenvalue weighted by Crippen LogP contribution is -2.47. The summed E-state index contributed by atoms with van der Waals surface area (Å²) in [7, 11) is 0. The van der Waals surface area contributed by atoms with Crippen molar-refractivity contribution in [1.82, 2.24) is 20.4 Å². The third-order valence-corrected chi connectivity index (χ3v) is 5.72. The van der Waals surface area contributed by atoms with Gasteiger partial charge in [0.1, 0.15) is 11.3 Å². The van der Waals surface area contributed by atoms with Gasteiger partial charge in [0, 0.05) is 23.5 Å². The molecule has 162 valence electrons. The quantitative estimate of drug-likeness (QED) is 0.521. The van der Waals surface area contributed by atoms with Crippen molar-refractivity contribution in [2.45, 2.75) is 57.4 Å². The minimum Gasteiger partial charge on any atom is -0.494 e. The zero-order valence-corrected chi connectivity index (χ0v) is 17.8. The number of nitrogens with zero attached hydrogens (tertiary/aromatic N) is 3. The van der Waals surface area contributed by atoms with Gasteiger partial charge in [0.15, 0.2) is 0 Å². The largest absolute Gasteiger partial charge is 0.494 e. The molecule has 1 amide bonds. The highest BCUT2D eigenvalue weighted by Gasteiger charge is 2.41. The smallest absolute Gasteiger partial charge is 0.252 e. The lowest BCUT2D eigenvalue weighted by Gasteiger charge is -2.34. The van der Waals surface area contributed by atoms with E-state index in [0.29, 0.717) is 23.9 Å². The summed E-state index contributed by atoms with van der Waals surface area (Å²) in [6, 6.07) is 10.9. The Morgan fingerprint density at radius 2 is 1.84 bits per heavy atom. The molecular formula is C24H28N4O3. The van der Waals surface area contributed by atoms with Gasteiger partial charge in [-0.3, -0.25) is 9.78 Å². The molecule has 0 spiro atoms. The molecule has 31 heavy (non-hydrogen) atoms. The highest BCUT2D eigenvalue weighted by Crippen LogP contribution is 2.37. The van der Waals surface area contributed by atoms with E-state index in [1.807, 2.05) is 24.3 Å². The van der Waals surface area contributed by atoms with Crippen LogP contribution in [-0.2, 0) is 5.54 Å². The highest BCUT2D eigenvalue weighted by molar-refractivity contribution is 5.94. The van der Waals surface area contributed by atoms with Crippen LogP contribution in [0.25, 0.3) is 11.4 Å². The average molecular weight is 421 g/mol. The fourth-order valence-corrected chi connectivity index (χ4v) is 3.91. The number of carbonyl (C=O) groups is 1. The SMILES string of the molecule is CCCCOc1ccc(C(=O)NC2(c3nc(-c4ccncc4)no3)CCCCC2)cc1. The summed E-state index contributed by atoms with van der Waals surface area (Å²) >= 11 is 0. The van der Waals surface area contributed by atoms with E-state index in [1.54, 1.807) is 24.5 Å². The molecule has 1 aliphatic carbocycles. The van der Waals surface area contributed by atoms with Crippen LogP contribution >= 0.6 is 0 Å². The Balaban J connectivity index is 1.52. The van der Waals surface area contributed by atoms with E-state index in [-0.39, 0.29) is 5.91 Å². The average Bonchev–Trinajstić information content (AvgIpc) is 3.32. The Labute approximate surface area is 182 Å². The van der Waals surface area contributed by atoms with E-state index in [1.165, 1.54) is 0 Å². The molecule has 0 aliphatic heterocycles. The standard InChI is InChI=1S/C24H28N4O3/c1-2-3-17-30-20-9-7-19(8-10-20)22(29)27-24(13-5-4-6-14-24)23-26-21(28-31-23)18-11-15-25-16-12-18/h7-12,15-16H,2-6,13-14,17H2,1H3,(H,27,29). The van der Waals surface area contributed by atoms with Gasteiger partial charge in [0.05, 0.1) is 6.61 Å². The van der Waals surface area contributed by atoms with Gasteiger partial charge in [-0.2, -0.15) is 4.98 Å². The Morgan fingerprint density at radius 3 is 2.55 bits per heavy atom. The molecule has 1 N–H and O–H groups in total. The molecule has 2 heterocycles. The van der Waals surface area contributed by atoms with Crippen molar-refractivity contribution in [2.24, 2.45) is 0 Å². The summed E-state index contributed by atoms with van der Waals surface area (Å²) in [5, 5.41) is 7.37. The second kappa shape index (κ2) is 9.73. The van der Waals surface area contributed by atoms with Crippen molar-refractivity contribution in [2.75, 3.05) is 6.61 Å². The normalized spacial score (nSPS) is 15.4. The molecule has 2 aromatic heterocycles. The van der Waals surface area contributed by atoms with Crippen LogP contribution in [0, 0.1) is 0 Å². The summed E-state index contributed by atoms with van der Waals surface area (Å²) < 4.78 is 11.4. The number of hydrogen-bond donors (Lipinski definition) is 1. The maximum absolute atomic E-state index is 13.1. The fourth-order valence-electron chi connectivity index (χ4n) is 3.91. The maximum Gasteiger partial charge on any atom is 0.252 e. The zero-order valence-electron chi connectivity index (χ0n) is 17.8. The number of nitrogens with one attached hydrogen (secondary N) is 1. The molecule has 0 radical (unpaired) electrons. The van der Waals surface area contributed by atoms with Gasteiger partial charge in [0.2, 0.25) is 5.82 Å². The molecule has 0 bridgehead atoms. The Bertz CT molecular complexity index is 980. The molecule has 1 fully saturated rings. The number of aromatic nitrogens is 3. The van der Waals surface area contributed by atoms with Gasteiger partial charge in [-0.15, -0.1) is 0 Å². The van der Waals surface area contributed by atoms with Crippen LogP contribution in [0.2, 0.25) is 0 Å². The molecular weight excluding hydrogens is 392 g/mol. The molecule has 1 saturated carbocycles. The topological polar surface area (TPSA) is 90.1 Å². The number of carbonyl (C=O) groups excluding carboxylic acids is 1. The molecule has 0 unspecified atom stereocenters. The van der Waals surface area contributed by atoms with E-state index in [4.69, 9.17) is 9.26 Å². The Kier molecular flexibility index (Phi) is 6.60. The van der Waals surface area contributed by atoms with Gasteiger partial charge in [-0.1, -0.05) is 37.8 Å². The minimum absolute atomic E-state index is 0.148. The summed E-state index contributed by atoms with van der Waals surface area (Å²) in [6.45, 7) is 2.81. The van der Waals surface area contributed by atoms with Crippen molar-refractivity contribution in [1.29, 1.82) is 0 Å². The number of benzene rings is 1. The van der Waals surface area contributed by atoms with E-state index in [2.05, 4.69) is 27.4 Å². The third kappa shape index (κ3) is 4.93. The van der Waals surface area contributed by atoms with Gasteiger partial charge < -0.3 is 14.6 Å². The fraction of sp³-hybridized carbons (Fsp3) is 0.417. The van der Waals surface area contributed by atoms with Crippen molar-refractivity contribution in [3.8, 4) is 17.1 Å². The van der Waals surface area contributed by atoms with Crippen LogP contribution in [-0.4, -0.2) is 27.6 Å². The maximum atomic E-state index is 13.1. The predicted octanol–water partition coefficient (Wildman–Crippen LogP) is 4.90. The van der Waals surface area contributed by atoms with Crippen LogP contribution in [0.3, 0.4) is 0 Å². The summed E-state index contributed by atoms with van der Waals surface area (Å²) in [5.41, 5.74) is 0.770. The number of ether oxygens (including phenoxy) is 1. The Morgan fingerprint density at radius 1 is 1.10 bits per heavy atom. The first-order valence-corrected chi connectivity index (χ1v) is 11.0. The molecule has 7 heteroatoms. The molecule has 0 saturated heterocycles. The van der Waals surface area contributed by atoms with Crippen LogP contribution in [0.5, 0.6) is 5.75 Å². The highest BCUT2D eigenvalue weighted by atomic mass is 16.5. The monoisotopic (exact) mass is 420 g/mol. The van der Waals surface area contributed by atoms with Crippen LogP contribution < -0.4 is 10.1 Å². The first-order chi connectivity index (χ1) is 15.2. The lowest BCUT2D eigenvalue weighted by molar-refractivity contribution is 0.0824. The van der Waals surface area contributed by atoms with Crippen molar-refractivity contribution >= 4 is 5.91 Å². The second-order valence-corrected chi connectivity index (χ2v) is 7.98. The van der Waals surface area contributed by atoms with Gasteiger partial charge in [0.25, 0.3) is 11.8 Å². The van der Waals surface area contributed by atoms with Crippen molar-refractivity contribution in [3.05, 3.63) is 60.2 Å². The summed E-state index contributed by atoms with van der Waals surface area (Å²) in [5.74, 6) is 1.60. The number of amides is 1. The summed E-state index contributed by atoms with van der Waals surface area (Å²) in [4.78, 5) is 21.8. The van der Waals surface area contributed by atoms with Crippen molar-refractivity contribution < 1.29 is 14.1 Å². The molecule has 3 aromatic rings.